The minimum atomic E-state index is -0.101. The molecule has 3 aromatic rings. The van der Waals surface area contributed by atoms with Crippen LogP contribution < -0.4 is 9.64 Å². The summed E-state index contributed by atoms with van der Waals surface area (Å²) >= 11 is 0. The Bertz CT molecular complexity index is 970. The van der Waals surface area contributed by atoms with E-state index in [1.54, 1.807) is 23.5 Å². The van der Waals surface area contributed by atoms with Crippen molar-refractivity contribution in [2.45, 2.75) is 12.5 Å². The zero-order valence-corrected chi connectivity index (χ0v) is 15.4. The minimum Gasteiger partial charge on any atom is -0.471 e. The maximum atomic E-state index is 13.0. The van der Waals surface area contributed by atoms with Gasteiger partial charge < -0.3 is 14.5 Å². The SMILES string of the molecule is CN(C)c1cncc(OC2CCN(C(=O)c3nccc4ccccc34)C2)n1. The monoisotopic (exact) mass is 363 g/mol. The Morgan fingerprint density at radius 1 is 1.22 bits per heavy atom. The summed E-state index contributed by atoms with van der Waals surface area (Å²) < 4.78 is 5.96. The summed E-state index contributed by atoms with van der Waals surface area (Å²) in [5, 5.41) is 1.89. The van der Waals surface area contributed by atoms with E-state index < -0.39 is 0 Å². The zero-order valence-electron chi connectivity index (χ0n) is 15.4. The van der Waals surface area contributed by atoms with E-state index in [0.717, 1.165) is 23.0 Å². The lowest BCUT2D eigenvalue weighted by Crippen LogP contribution is -2.31. The van der Waals surface area contributed by atoms with Crippen molar-refractivity contribution >= 4 is 22.5 Å². The van der Waals surface area contributed by atoms with Crippen LogP contribution in [0, 0.1) is 0 Å². The van der Waals surface area contributed by atoms with Crippen molar-refractivity contribution in [2.75, 3.05) is 32.1 Å². The number of fused-ring (bicyclic) bond motifs is 1. The van der Waals surface area contributed by atoms with Gasteiger partial charge in [0.2, 0.25) is 5.88 Å². The van der Waals surface area contributed by atoms with Crippen LogP contribution in [0.4, 0.5) is 5.82 Å². The summed E-state index contributed by atoms with van der Waals surface area (Å²) in [6.07, 6.45) is 5.62. The Morgan fingerprint density at radius 2 is 2.07 bits per heavy atom. The van der Waals surface area contributed by atoms with Gasteiger partial charge in [-0.25, -0.2) is 0 Å². The van der Waals surface area contributed by atoms with Crippen LogP contribution >= 0.6 is 0 Å². The van der Waals surface area contributed by atoms with Crippen molar-refractivity contribution in [3.05, 3.63) is 54.6 Å². The lowest BCUT2D eigenvalue weighted by atomic mass is 10.1. The first-order valence-corrected chi connectivity index (χ1v) is 8.91. The second-order valence-electron chi connectivity index (χ2n) is 6.77. The van der Waals surface area contributed by atoms with Crippen LogP contribution in [0.15, 0.2) is 48.9 Å². The van der Waals surface area contributed by atoms with Crippen molar-refractivity contribution in [2.24, 2.45) is 0 Å². The molecule has 1 amide bonds. The predicted molar refractivity (Wildman–Crippen MR) is 103 cm³/mol. The van der Waals surface area contributed by atoms with E-state index in [4.69, 9.17) is 4.74 Å². The normalized spacial score (nSPS) is 16.5. The van der Waals surface area contributed by atoms with Crippen LogP contribution in [0.5, 0.6) is 5.88 Å². The third-order valence-corrected chi connectivity index (χ3v) is 4.65. The number of amides is 1. The number of ether oxygens (including phenoxy) is 1. The smallest absolute Gasteiger partial charge is 0.273 e. The van der Waals surface area contributed by atoms with E-state index >= 15 is 0 Å². The molecule has 7 nitrogen and oxygen atoms in total. The molecular formula is C20H21N5O2. The average Bonchev–Trinajstić information content (AvgIpc) is 3.15. The van der Waals surface area contributed by atoms with Crippen molar-refractivity contribution < 1.29 is 9.53 Å². The molecule has 0 radical (unpaired) electrons. The number of likely N-dealkylation sites (tertiary alicyclic amines) is 1. The fraction of sp³-hybridized carbons (Fsp3) is 0.300. The highest BCUT2D eigenvalue weighted by atomic mass is 16.5. The highest BCUT2D eigenvalue weighted by Gasteiger charge is 2.30. The molecule has 0 bridgehead atoms. The molecule has 0 saturated carbocycles. The predicted octanol–water partition coefficient (Wildman–Crippen LogP) is 2.38. The molecule has 1 aliphatic heterocycles. The number of anilines is 1. The van der Waals surface area contributed by atoms with Gasteiger partial charge in [0.05, 0.1) is 18.9 Å². The molecule has 1 fully saturated rings. The van der Waals surface area contributed by atoms with Gasteiger partial charge in [0, 0.05) is 38.6 Å². The Hall–Kier alpha value is -3.22. The molecule has 4 rings (SSSR count). The van der Waals surface area contributed by atoms with Gasteiger partial charge in [-0.05, 0) is 11.5 Å². The first kappa shape index (κ1) is 17.2. The molecule has 0 aliphatic carbocycles. The van der Waals surface area contributed by atoms with Gasteiger partial charge in [0.15, 0.2) is 5.82 Å². The molecule has 1 aromatic carbocycles. The second kappa shape index (κ2) is 7.19. The lowest BCUT2D eigenvalue weighted by Gasteiger charge is -2.18. The summed E-state index contributed by atoms with van der Waals surface area (Å²) in [6, 6.07) is 9.72. The van der Waals surface area contributed by atoms with Gasteiger partial charge in [-0.3, -0.25) is 14.8 Å². The van der Waals surface area contributed by atoms with E-state index in [-0.39, 0.29) is 12.0 Å². The van der Waals surface area contributed by atoms with Gasteiger partial charge in [0.25, 0.3) is 5.91 Å². The Morgan fingerprint density at radius 3 is 2.93 bits per heavy atom. The number of hydrogen-bond acceptors (Lipinski definition) is 6. The fourth-order valence-electron chi connectivity index (χ4n) is 3.23. The Labute approximate surface area is 157 Å². The number of benzene rings is 1. The fourth-order valence-corrected chi connectivity index (χ4v) is 3.23. The largest absolute Gasteiger partial charge is 0.471 e. The van der Waals surface area contributed by atoms with E-state index in [1.165, 1.54) is 0 Å². The standard InChI is InChI=1S/C20H21N5O2/c1-24(2)17-11-21-12-18(23-17)27-15-8-10-25(13-15)20(26)19-16-6-4-3-5-14(16)7-9-22-19/h3-7,9,11-12,15H,8,10,13H2,1-2H3. The van der Waals surface area contributed by atoms with Crippen LogP contribution in [0.1, 0.15) is 16.9 Å². The third-order valence-electron chi connectivity index (χ3n) is 4.65. The lowest BCUT2D eigenvalue weighted by molar-refractivity contribution is 0.0767. The number of carbonyl (C=O) groups excluding carboxylic acids is 1. The van der Waals surface area contributed by atoms with Gasteiger partial charge in [-0.1, -0.05) is 24.3 Å². The summed E-state index contributed by atoms with van der Waals surface area (Å²) in [7, 11) is 3.81. The second-order valence-corrected chi connectivity index (χ2v) is 6.77. The molecule has 138 valence electrons. The molecule has 0 spiro atoms. The summed E-state index contributed by atoms with van der Waals surface area (Å²) in [5.74, 6) is 1.15. The van der Waals surface area contributed by atoms with Crippen molar-refractivity contribution in [3.63, 3.8) is 0 Å². The topological polar surface area (TPSA) is 71.5 Å². The number of carbonyl (C=O) groups is 1. The molecule has 3 heterocycles. The number of hydrogen-bond donors (Lipinski definition) is 0. The van der Waals surface area contributed by atoms with Gasteiger partial charge >= 0.3 is 0 Å². The van der Waals surface area contributed by atoms with E-state index in [1.807, 2.05) is 49.3 Å². The molecule has 1 aliphatic rings. The van der Waals surface area contributed by atoms with Crippen LogP contribution in [0.2, 0.25) is 0 Å². The summed E-state index contributed by atoms with van der Waals surface area (Å²) in [5.41, 5.74) is 0.489. The van der Waals surface area contributed by atoms with Gasteiger partial charge in [-0.15, -0.1) is 0 Å². The van der Waals surface area contributed by atoms with E-state index in [9.17, 15) is 4.79 Å². The number of rotatable bonds is 4. The van der Waals surface area contributed by atoms with E-state index in [2.05, 4.69) is 15.0 Å². The highest BCUT2D eigenvalue weighted by molar-refractivity contribution is 6.05. The molecule has 1 atom stereocenters. The van der Waals surface area contributed by atoms with Crippen molar-refractivity contribution in [1.29, 1.82) is 0 Å². The summed E-state index contributed by atoms with van der Waals surface area (Å²) in [6.45, 7) is 1.15. The first-order chi connectivity index (χ1) is 13.1. The molecule has 2 aromatic heterocycles. The molecule has 27 heavy (non-hydrogen) atoms. The van der Waals surface area contributed by atoms with Crippen molar-refractivity contribution in [3.8, 4) is 5.88 Å². The maximum absolute atomic E-state index is 13.0. The number of aromatic nitrogens is 3. The van der Waals surface area contributed by atoms with Crippen molar-refractivity contribution in [1.82, 2.24) is 19.9 Å². The summed E-state index contributed by atoms with van der Waals surface area (Å²) in [4.78, 5) is 29.6. The molecular weight excluding hydrogens is 342 g/mol. The number of pyridine rings is 1. The first-order valence-electron chi connectivity index (χ1n) is 8.91. The average molecular weight is 363 g/mol. The van der Waals surface area contributed by atoms with Gasteiger partial charge in [0.1, 0.15) is 11.8 Å². The quantitative estimate of drug-likeness (QED) is 0.709. The minimum absolute atomic E-state index is 0.0639. The number of nitrogens with zero attached hydrogens (tertiary/aromatic N) is 5. The molecule has 1 unspecified atom stereocenters. The zero-order chi connectivity index (χ0) is 18.8. The van der Waals surface area contributed by atoms with Gasteiger partial charge in [-0.2, -0.15) is 4.98 Å². The Balaban J connectivity index is 1.48. The van der Waals surface area contributed by atoms with E-state index in [0.29, 0.717) is 24.7 Å². The van der Waals surface area contributed by atoms with Crippen LogP contribution in [0.25, 0.3) is 10.8 Å². The van der Waals surface area contributed by atoms with Crippen LogP contribution in [-0.4, -0.2) is 59.0 Å². The third kappa shape index (κ3) is 3.53. The molecule has 0 N–H and O–H groups in total. The molecule has 1 saturated heterocycles. The highest BCUT2D eigenvalue weighted by Crippen LogP contribution is 2.22. The van der Waals surface area contributed by atoms with Crippen LogP contribution in [-0.2, 0) is 0 Å². The maximum Gasteiger partial charge on any atom is 0.273 e. The molecule has 7 heteroatoms. The Kier molecular flexibility index (Phi) is 4.58. The van der Waals surface area contributed by atoms with Crippen LogP contribution in [0.3, 0.4) is 0 Å².